The number of halogens is 3. The van der Waals surface area contributed by atoms with Gasteiger partial charge in [-0.25, -0.2) is 4.98 Å². The zero-order valence-electron chi connectivity index (χ0n) is 11.1. The number of rotatable bonds is 5. The van der Waals surface area contributed by atoms with Gasteiger partial charge in [0.2, 0.25) is 0 Å². The highest BCUT2D eigenvalue weighted by atomic mass is 127. The Morgan fingerprint density at radius 3 is 2.85 bits per heavy atom. The van der Waals surface area contributed by atoms with E-state index in [1.807, 2.05) is 11.9 Å². The molecule has 5 nitrogen and oxygen atoms in total. The maximum atomic E-state index is 5.99. The summed E-state index contributed by atoms with van der Waals surface area (Å²) < 4.78 is 0. The van der Waals surface area contributed by atoms with Crippen molar-refractivity contribution in [2.45, 2.75) is 18.9 Å². The second-order valence-electron chi connectivity index (χ2n) is 4.49. The maximum Gasteiger partial charge on any atom is 0.191 e. The van der Waals surface area contributed by atoms with Gasteiger partial charge in [-0.2, -0.15) is 0 Å². The minimum Gasteiger partial charge on any atom is -0.370 e. The monoisotopic (exact) mass is 429 g/mol. The lowest BCUT2D eigenvalue weighted by Crippen LogP contribution is -2.36. The molecular formula is C12H18Cl2IN5. The number of guanidine groups is 1. The van der Waals surface area contributed by atoms with Gasteiger partial charge in [-0.15, -0.1) is 24.0 Å². The van der Waals surface area contributed by atoms with Gasteiger partial charge < -0.3 is 16.0 Å². The van der Waals surface area contributed by atoms with E-state index in [2.05, 4.69) is 15.3 Å². The predicted molar refractivity (Wildman–Crippen MR) is 95.4 cm³/mol. The van der Waals surface area contributed by atoms with Crippen LogP contribution in [0.25, 0.3) is 0 Å². The molecule has 1 aromatic heterocycles. The SMILES string of the molecule is CN(C(N)=NCCNc1ncc(Cl)cc1Cl)C1CC1.I. The van der Waals surface area contributed by atoms with Crippen molar-refractivity contribution < 1.29 is 0 Å². The summed E-state index contributed by atoms with van der Waals surface area (Å²) in [5.41, 5.74) is 5.88. The molecule has 3 N–H and O–H groups in total. The highest BCUT2D eigenvalue weighted by Gasteiger charge is 2.27. The Bertz CT molecular complexity index is 479. The summed E-state index contributed by atoms with van der Waals surface area (Å²) in [7, 11) is 1.97. The molecule has 1 saturated carbocycles. The van der Waals surface area contributed by atoms with Crippen LogP contribution in [0.3, 0.4) is 0 Å². The molecule has 0 atom stereocenters. The normalized spacial score (nSPS) is 14.7. The molecule has 1 fully saturated rings. The van der Waals surface area contributed by atoms with E-state index in [0.29, 0.717) is 41.0 Å². The molecule has 0 bridgehead atoms. The van der Waals surface area contributed by atoms with E-state index >= 15 is 0 Å². The largest absolute Gasteiger partial charge is 0.370 e. The van der Waals surface area contributed by atoms with Crippen molar-refractivity contribution >= 4 is 59.0 Å². The second kappa shape index (κ2) is 8.09. The molecule has 0 unspecified atom stereocenters. The highest BCUT2D eigenvalue weighted by Crippen LogP contribution is 2.25. The summed E-state index contributed by atoms with van der Waals surface area (Å²) >= 11 is 11.8. The lowest BCUT2D eigenvalue weighted by atomic mass is 10.4. The van der Waals surface area contributed by atoms with Crippen LogP contribution in [0, 0.1) is 0 Å². The fourth-order valence-electron chi connectivity index (χ4n) is 1.65. The van der Waals surface area contributed by atoms with Crippen molar-refractivity contribution in [3.63, 3.8) is 0 Å². The van der Waals surface area contributed by atoms with Gasteiger partial charge in [0.15, 0.2) is 5.96 Å². The van der Waals surface area contributed by atoms with Crippen molar-refractivity contribution in [3.8, 4) is 0 Å². The molecule has 1 heterocycles. The Kier molecular flexibility index (Phi) is 7.11. The molecule has 1 aliphatic carbocycles. The first kappa shape index (κ1) is 17.6. The molecule has 0 aromatic carbocycles. The van der Waals surface area contributed by atoms with Gasteiger partial charge >= 0.3 is 0 Å². The highest BCUT2D eigenvalue weighted by molar-refractivity contribution is 14.0. The van der Waals surface area contributed by atoms with E-state index in [1.165, 1.54) is 12.8 Å². The van der Waals surface area contributed by atoms with Crippen LogP contribution in [0.4, 0.5) is 5.82 Å². The number of nitrogens with zero attached hydrogens (tertiary/aromatic N) is 3. The fourth-order valence-corrected chi connectivity index (χ4v) is 2.10. The fraction of sp³-hybridized carbons (Fsp3) is 0.500. The lowest BCUT2D eigenvalue weighted by Gasteiger charge is -2.16. The summed E-state index contributed by atoms with van der Waals surface area (Å²) in [6.45, 7) is 1.19. The van der Waals surface area contributed by atoms with Crippen molar-refractivity contribution in [2.24, 2.45) is 10.7 Å². The Labute approximate surface area is 145 Å². The molecular weight excluding hydrogens is 412 g/mol. The second-order valence-corrected chi connectivity index (χ2v) is 5.34. The number of hydrogen-bond donors (Lipinski definition) is 2. The van der Waals surface area contributed by atoms with Crippen molar-refractivity contribution in [1.29, 1.82) is 0 Å². The van der Waals surface area contributed by atoms with Crippen molar-refractivity contribution in [1.82, 2.24) is 9.88 Å². The molecule has 0 aliphatic heterocycles. The van der Waals surface area contributed by atoms with Crippen LogP contribution < -0.4 is 11.1 Å². The molecule has 112 valence electrons. The molecule has 2 rings (SSSR count). The van der Waals surface area contributed by atoms with Gasteiger partial charge in [0.1, 0.15) is 5.82 Å². The number of nitrogens with two attached hydrogens (primary N) is 1. The Morgan fingerprint density at radius 1 is 1.55 bits per heavy atom. The first-order chi connectivity index (χ1) is 9.08. The third-order valence-corrected chi connectivity index (χ3v) is 3.44. The summed E-state index contributed by atoms with van der Waals surface area (Å²) in [5, 5.41) is 4.11. The summed E-state index contributed by atoms with van der Waals surface area (Å²) in [4.78, 5) is 10.4. The minimum absolute atomic E-state index is 0. The topological polar surface area (TPSA) is 66.5 Å². The van der Waals surface area contributed by atoms with Gasteiger partial charge in [0.25, 0.3) is 0 Å². The van der Waals surface area contributed by atoms with Gasteiger partial charge in [-0.3, -0.25) is 4.99 Å². The van der Waals surface area contributed by atoms with E-state index in [9.17, 15) is 0 Å². The quantitative estimate of drug-likeness (QED) is 0.327. The number of anilines is 1. The summed E-state index contributed by atoms with van der Waals surface area (Å²) in [5.74, 6) is 1.19. The van der Waals surface area contributed by atoms with Crippen LogP contribution in [0.15, 0.2) is 17.3 Å². The minimum atomic E-state index is 0. The average Bonchev–Trinajstić information content (AvgIpc) is 3.19. The van der Waals surface area contributed by atoms with Crippen LogP contribution in [0.1, 0.15) is 12.8 Å². The van der Waals surface area contributed by atoms with Gasteiger partial charge in [0.05, 0.1) is 16.6 Å². The van der Waals surface area contributed by atoms with Crippen molar-refractivity contribution in [2.75, 3.05) is 25.5 Å². The zero-order chi connectivity index (χ0) is 13.8. The molecule has 8 heteroatoms. The van der Waals surface area contributed by atoms with E-state index < -0.39 is 0 Å². The summed E-state index contributed by atoms with van der Waals surface area (Å²) in [6, 6.07) is 2.22. The smallest absolute Gasteiger partial charge is 0.191 e. The van der Waals surface area contributed by atoms with Crippen LogP contribution in [0.2, 0.25) is 10.0 Å². The van der Waals surface area contributed by atoms with Gasteiger partial charge in [-0.1, -0.05) is 23.2 Å². The van der Waals surface area contributed by atoms with Crippen LogP contribution in [-0.4, -0.2) is 42.0 Å². The molecule has 0 spiro atoms. The van der Waals surface area contributed by atoms with E-state index in [0.717, 1.165) is 0 Å². The van der Waals surface area contributed by atoms with E-state index in [-0.39, 0.29) is 24.0 Å². The van der Waals surface area contributed by atoms with Gasteiger partial charge in [0, 0.05) is 25.8 Å². The molecule has 1 aromatic rings. The number of pyridine rings is 1. The number of hydrogen-bond acceptors (Lipinski definition) is 3. The molecule has 1 aliphatic rings. The number of aliphatic imine (C=N–C) groups is 1. The van der Waals surface area contributed by atoms with Gasteiger partial charge in [-0.05, 0) is 18.9 Å². The predicted octanol–water partition coefficient (Wildman–Crippen LogP) is 2.83. The van der Waals surface area contributed by atoms with Crippen LogP contribution in [-0.2, 0) is 0 Å². The number of aromatic nitrogens is 1. The molecule has 0 saturated heterocycles. The Morgan fingerprint density at radius 2 is 2.25 bits per heavy atom. The molecule has 0 radical (unpaired) electrons. The van der Waals surface area contributed by atoms with Crippen LogP contribution in [0.5, 0.6) is 0 Å². The zero-order valence-corrected chi connectivity index (χ0v) is 15.0. The molecule has 20 heavy (non-hydrogen) atoms. The Balaban J connectivity index is 0.00000200. The first-order valence-electron chi connectivity index (χ1n) is 6.15. The van der Waals surface area contributed by atoms with Crippen LogP contribution >= 0.6 is 47.2 Å². The molecule has 0 amide bonds. The standard InChI is InChI=1S/C12H17Cl2N5.HI/c1-19(9-2-3-9)12(15)17-5-4-16-11-10(14)6-8(13)7-18-11;/h6-7,9H,2-5H2,1H3,(H2,15,17)(H,16,18);1H. The third kappa shape index (κ3) is 5.14. The summed E-state index contributed by atoms with van der Waals surface area (Å²) in [6.07, 6.45) is 3.96. The van der Waals surface area contributed by atoms with E-state index in [1.54, 1.807) is 12.3 Å². The lowest BCUT2D eigenvalue weighted by molar-refractivity contribution is 0.488. The number of nitrogens with one attached hydrogen (secondary N) is 1. The Hall–Kier alpha value is -0.470. The van der Waals surface area contributed by atoms with Crippen molar-refractivity contribution in [3.05, 3.63) is 22.3 Å². The van der Waals surface area contributed by atoms with E-state index in [4.69, 9.17) is 28.9 Å². The average molecular weight is 430 g/mol. The third-order valence-electron chi connectivity index (χ3n) is 2.94. The first-order valence-corrected chi connectivity index (χ1v) is 6.91. The maximum absolute atomic E-state index is 5.99.